The molecule has 1 aliphatic carbocycles. The Morgan fingerprint density at radius 2 is 0.938 bits per heavy atom. The van der Waals surface area contributed by atoms with E-state index in [1.807, 2.05) is 0 Å². The molecule has 4 unspecified atom stereocenters. The van der Waals surface area contributed by atoms with Crippen molar-refractivity contribution in [1.82, 2.24) is 0 Å². The van der Waals surface area contributed by atoms with E-state index < -0.39 is 47.4 Å². The Labute approximate surface area is 183 Å². The molecule has 2 aromatic carbocycles. The SMILES string of the molecule is C#Cc1ccc(NC(=O)C2C(C(=O)O)C(C(=O)O)C2C(=O)Nc2ccc(C#C)cc2)cc1. The first-order valence-corrected chi connectivity index (χ1v) is 9.47. The summed E-state index contributed by atoms with van der Waals surface area (Å²) in [5, 5.41) is 24.1. The quantitative estimate of drug-likeness (QED) is 0.517. The molecule has 8 nitrogen and oxygen atoms in total. The number of amides is 2. The minimum atomic E-state index is -1.56. The van der Waals surface area contributed by atoms with Gasteiger partial charge in [0.25, 0.3) is 0 Å². The number of hydrogen-bond donors (Lipinski definition) is 4. The Morgan fingerprint density at radius 1 is 0.625 bits per heavy atom. The zero-order valence-corrected chi connectivity index (χ0v) is 16.6. The predicted octanol–water partition coefficient (Wildman–Crippen LogP) is 1.87. The molecule has 0 aromatic heterocycles. The zero-order chi connectivity index (χ0) is 23.4. The highest BCUT2D eigenvalue weighted by Gasteiger charge is 2.63. The lowest BCUT2D eigenvalue weighted by molar-refractivity contribution is -0.179. The highest BCUT2D eigenvalue weighted by atomic mass is 16.4. The summed E-state index contributed by atoms with van der Waals surface area (Å²) in [5.74, 6) is -5.52. The van der Waals surface area contributed by atoms with Crippen molar-refractivity contribution < 1.29 is 29.4 Å². The van der Waals surface area contributed by atoms with E-state index in [0.717, 1.165) is 0 Å². The number of anilines is 2. The second kappa shape index (κ2) is 9.07. The molecule has 8 heteroatoms. The highest BCUT2D eigenvalue weighted by Crippen LogP contribution is 2.48. The van der Waals surface area contributed by atoms with Gasteiger partial charge in [0.15, 0.2) is 0 Å². The van der Waals surface area contributed by atoms with E-state index >= 15 is 0 Å². The Hall–Kier alpha value is -4.56. The van der Waals surface area contributed by atoms with Gasteiger partial charge in [-0.15, -0.1) is 12.8 Å². The highest BCUT2D eigenvalue weighted by molar-refractivity contribution is 6.06. The fraction of sp³-hybridized carbons (Fsp3) is 0.167. The van der Waals surface area contributed by atoms with Gasteiger partial charge in [0.2, 0.25) is 11.8 Å². The van der Waals surface area contributed by atoms with Crippen molar-refractivity contribution in [2.45, 2.75) is 0 Å². The molecule has 2 amide bonds. The number of aliphatic carboxylic acids is 2. The van der Waals surface area contributed by atoms with Crippen molar-refractivity contribution >= 4 is 35.1 Å². The van der Waals surface area contributed by atoms with Crippen molar-refractivity contribution in [2.24, 2.45) is 23.7 Å². The van der Waals surface area contributed by atoms with Crippen molar-refractivity contribution in [1.29, 1.82) is 0 Å². The minimum absolute atomic E-state index is 0.334. The van der Waals surface area contributed by atoms with Crippen LogP contribution in [0.5, 0.6) is 0 Å². The van der Waals surface area contributed by atoms with Crippen molar-refractivity contribution in [3.05, 3.63) is 59.7 Å². The van der Waals surface area contributed by atoms with E-state index in [-0.39, 0.29) is 0 Å². The number of benzene rings is 2. The lowest BCUT2D eigenvalue weighted by atomic mass is 9.55. The average Bonchev–Trinajstić information content (AvgIpc) is 2.73. The third-order valence-corrected chi connectivity index (χ3v) is 5.36. The molecule has 3 rings (SSSR count). The lowest BCUT2D eigenvalue weighted by Gasteiger charge is -2.45. The molecule has 1 aliphatic rings. The van der Waals surface area contributed by atoms with E-state index in [1.54, 1.807) is 24.3 Å². The molecule has 0 radical (unpaired) electrons. The van der Waals surface area contributed by atoms with Crippen LogP contribution in [0.3, 0.4) is 0 Å². The Balaban J connectivity index is 1.85. The summed E-state index contributed by atoms with van der Waals surface area (Å²) in [6.45, 7) is 0. The first-order chi connectivity index (χ1) is 15.3. The third kappa shape index (κ3) is 4.30. The summed E-state index contributed by atoms with van der Waals surface area (Å²) in [4.78, 5) is 49.2. The third-order valence-electron chi connectivity index (χ3n) is 5.36. The number of carboxylic acids is 2. The van der Waals surface area contributed by atoms with E-state index in [0.29, 0.717) is 22.5 Å². The maximum absolute atomic E-state index is 12.9. The van der Waals surface area contributed by atoms with Gasteiger partial charge in [-0.25, -0.2) is 0 Å². The summed E-state index contributed by atoms with van der Waals surface area (Å²) in [7, 11) is 0. The Morgan fingerprint density at radius 3 is 1.19 bits per heavy atom. The van der Waals surface area contributed by atoms with Gasteiger partial charge >= 0.3 is 11.9 Å². The minimum Gasteiger partial charge on any atom is -0.481 e. The monoisotopic (exact) mass is 430 g/mol. The number of carbonyl (C=O) groups excluding carboxylic acids is 2. The molecule has 0 spiro atoms. The smallest absolute Gasteiger partial charge is 0.308 e. The molecule has 4 atom stereocenters. The number of carboxylic acid groups (broad SMARTS) is 2. The lowest BCUT2D eigenvalue weighted by Crippen LogP contribution is -2.61. The van der Waals surface area contributed by atoms with Gasteiger partial charge in [-0.3, -0.25) is 19.2 Å². The van der Waals surface area contributed by atoms with Gasteiger partial charge in [0.05, 0.1) is 23.7 Å². The molecule has 1 saturated carbocycles. The maximum Gasteiger partial charge on any atom is 0.308 e. The van der Waals surface area contributed by atoms with Gasteiger partial charge in [0.1, 0.15) is 0 Å². The normalized spacial score (nSPS) is 21.2. The van der Waals surface area contributed by atoms with Crippen LogP contribution in [0.1, 0.15) is 11.1 Å². The van der Waals surface area contributed by atoms with Crippen LogP contribution < -0.4 is 10.6 Å². The van der Waals surface area contributed by atoms with Crippen molar-refractivity contribution in [2.75, 3.05) is 10.6 Å². The van der Waals surface area contributed by atoms with Crippen LogP contribution in [-0.2, 0) is 19.2 Å². The number of nitrogens with one attached hydrogen (secondary N) is 2. The molecule has 0 saturated heterocycles. The molecular weight excluding hydrogens is 412 g/mol. The second-order valence-electron chi connectivity index (χ2n) is 7.20. The van der Waals surface area contributed by atoms with Crippen LogP contribution in [0, 0.1) is 48.4 Å². The fourth-order valence-corrected chi connectivity index (χ4v) is 3.77. The summed E-state index contributed by atoms with van der Waals surface area (Å²) in [6, 6.07) is 12.4. The zero-order valence-electron chi connectivity index (χ0n) is 16.6. The summed E-state index contributed by atoms with van der Waals surface area (Å²) >= 11 is 0. The van der Waals surface area contributed by atoms with Crippen LogP contribution in [0.2, 0.25) is 0 Å². The topological polar surface area (TPSA) is 133 Å². The van der Waals surface area contributed by atoms with Gasteiger partial charge in [-0.2, -0.15) is 0 Å². The number of rotatable bonds is 6. The summed E-state index contributed by atoms with van der Waals surface area (Å²) in [5.41, 5.74) is 1.82. The van der Waals surface area contributed by atoms with Gasteiger partial charge in [0, 0.05) is 22.5 Å². The van der Waals surface area contributed by atoms with Crippen molar-refractivity contribution in [3.8, 4) is 24.7 Å². The van der Waals surface area contributed by atoms with E-state index in [9.17, 15) is 29.4 Å². The van der Waals surface area contributed by atoms with Gasteiger partial charge in [-0.05, 0) is 48.5 Å². The van der Waals surface area contributed by atoms with Crippen LogP contribution in [0.4, 0.5) is 11.4 Å². The Bertz CT molecular complexity index is 1060. The first-order valence-electron chi connectivity index (χ1n) is 9.47. The standard InChI is InChI=1S/C24H18N2O6/c1-3-13-5-9-15(10-6-13)25-21(27)17-18(20(24(31)32)19(17)23(29)30)22(28)26-16-11-7-14(4-2)8-12-16/h1-2,5-12,17-20H,(H,25,27)(H,26,28)(H,29,30)(H,31,32). The molecule has 0 aliphatic heterocycles. The van der Waals surface area contributed by atoms with Crippen LogP contribution in [0.15, 0.2) is 48.5 Å². The first kappa shape index (κ1) is 22.1. The summed E-state index contributed by atoms with van der Waals surface area (Å²) in [6.07, 6.45) is 10.6. The second-order valence-corrected chi connectivity index (χ2v) is 7.20. The van der Waals surface area contributed by atoms with Crippen LogP contribution >= 0.6 is 0 Å². The van der Waals surface area contributed by atoms with Crippen LogP contribution in [0.25, 0.3) is 0 Å². The summed E-state index contributed by atoms with van der Waals surface area (Å²) < 4.78 is 0. The van der Waals surface area contributed by atoms with Crippen molar-refractivity contribution in [3.63, 3.8) is 0 Å². The molecule has 4 N–H and O–H groups in total. The predicted molar refractivity (Wildman–Crippen MR) is 115 cm³/mol. The molecule has 1 fully saturated rings. The molecule has 160 valence electrons. The molecule has 2 aromatic rings. The van der Waals surface area contributed by atoms with Gasteiger partial charge in [-0.1, -0.05) is 11.8 Å². The largest absolute Gasteiger partial charge is 0.481 e. The van der Waals surface area contributed by atoms with Crippen LogP contribution in [-0.4, -0.2) is 34.0 Å². The van der Waals surface area contributed by atoms with E-state index in [2.05, 4.69) is 22.5 Å². The number of hydrogen-bond acceptors (Lipinski definition) is 4. The molecule has 0 heterocycles. The molecule has 32 heavy (non-hydrogen) atoms. The van der Waals surface area contributed by atoms with E-state index in [4.69, 9.17) is 12.8 Å². The Kier molecular flexibility index (Phi) is 6.27. The molecular formula is C24H18N2O6. The molecule has 0 bridgehead atoms. The number of carbonyl (C=O) groups is 4. The number of terminal acetylenes is 2. The average molecular weight is 430 g/mol. The fourth-order valence-electron chi connectivity index (χ4n) is 3.77. The van der Waals surface area contributed by atoms with E-state index in [1.165, 1.54) is 24.3 Å². The van der Waals surface area contributed by atoms with Gasteiger partial charge < -0.3 is 20.8 Å². The maximum atomic E-state index is 12.9.